The Bertz CT molecular complexity index is 411. The van der Waals surface area contributed by atoms with Gasteiger partial charge in [0.05, 0.1) is 0 Å². The van der Waals surface area contributed by atoms with Crippen LogP contribution in [0, 0.1) is 6.92 Å². The molecule has 96 valence electrons. The first-order chi connectivity index (χ1) is 8.15. The van der Waals surface area contributed by atoms with Crippen molar-refractivity contribution in [3.63, 3.8) is 0 Å². The molecule has 1 rings (SSSR count). The molecule has 0 fully saturated rings. The van der Waals surface area contributed by atoms with Crippen LogP contribution in [0.4, 0.5) is 0 Å². The van der Waals surface area contributed by atoms with E-state index in [0.717, 1.165) is 5.69 Å². The maximum absolute atomic E-state index is 11.4. The molecule has 0 radical (unpaired) electrons. The van der Waals surface area contributed by atoms with Gasteiger partial charge < -0.3 is 15.0 Å². The summed E-state index contributed by atoms with van der Waals surface area (Å²) >= 11 is 1.19. The maximum Gasteiger partial charge on any atom is 0.307 e. The molecule has 2 N–H and O–H groups in total. The van der Waals surface area contributed by atoms with Gasteiger partial charge in [0, 0.05) is 37.2 Å². The number of thiazole rings is 1. The predicted octanol–water partition coefficient (Wildman–Crippen LogP) is 0.497. The minimum absolute atomic E-state index is 0.0284. The summed E-state index contributed by atoms with van der Waals surface area (Å²) < 4.78 is 1.69. The highest BCUT2D eigenvalue weighted by molar-refractivity contribution is 7.07. The van der Waals surface area contributed by atoms with Crippen LogP contribution in [0.15, 0.2) is 10.2 Å². The molecular weight excluding hydrogens is 240 g/mol. The molecule has 0 aliphatic rings. The fourth-order valence-corrected chi connectivity index (χ4v) is 2.23. The molecule has 0 aromatic carbocycles. The van der Waals surface area contributed by atoms with Gasteiger partial charge in [0.2, 0.25) is 5.91 Å². The van der Waals surface area contributed by atoms with Gasteiger partial charge in [0.15, 0.2) is 0 Å². The number of carbonyl (C=O) groups is 1. The van der Waals surface area contributed by atoms with Crippen LogP contribution in [-0.2, 0) is 11.3 Å². The Kier molecular flexibility index (Phi) is 5.93. The molecule has 0 bridgehead atoms. The van der Waals surface area contributed by atoms with Crippen molar-refractivity contribution in [2.45, 2.75) is 32.7 Å². The zero-order valence-corrected chi connectivity index (χ0v) is 10.8. The van der Waals surface area contributed by atoms with Crippen molar-refractivity contribution in [2.75, 3.05) is 13.2 Å². The topological polar surface area (TPSA) is 71.3 Å². The Hall–Kier alpha value is -1.14. The molecule has 1 aromatic rings. The first kappa shape index (κ1) is 13.9. The van der Waals surface area contributed by atoms with Crippen LogP contribution in [0.25, 0.3) is 0 Å². The maximum atomic E-state index is 11.4. The van der Waals surface area contributed by atoms with E-state index in [1.807, 2.05) is 12.3 Å². The molecule has 0 saturated heterocycles. The second-order valence-electron chi connectivity index (χ2n) is 3.83. The molecule has 0 aliphatic heterocycles. The number of aliphatic hydroxyl groups is 1. The van der Waals surface area contributed by atoms with Crippen molar-refractivity contribution in [3.8, 4) is 0 Å². The molecule has 6 heteroatoms. The number of aryl methyl sites for hydroxylation is 1. The number of rotatable bonds is 7. The highest BCUT2D eigenvalue weighted by Gasteiger charge is 2.04. The van der Waals surface area contributed by atoms with Crippen LogP contribution in [0.5, 0.6) is 0 Å². The van der Waals surface area contributed by atoms with Crippen molar-refractivity contribution in [2.24, 2.45) is 0 Å². The summed E-state index contributed by atoms with van der Waals surface area (Å²) in [6.45, 7) is 3.07. The minimum atomic E-state index is -0.0284. The summed E-state index contributed by atoms with van der Waals surface area (Å²) in [4.78, 5) is 22.7. The number of aromatic nitrogens is 1. The summed E-state index contributed by atoms with van der Waals surface area (Å²) in [6.07, 6.45) is 1.64. The van der Waals surface area contributed by atoms with Crippen LogP contribution in [0.2, 0.25) is 0 Å². The highest BCUT2D eigenvalue weighted by atomic mass is 32.1. The summed E-state index contributed by atoms with van der Waals surface area (Å²) in [5, 5.41) is 13.1. The Morgan fingerprint density at radius 2 is 2.29 bits per heavy atom. The first-order valence-corrected chi connectivity index (χ1v) is 6.55. The SMILES string of the molecule is Cc1csc(=O)n1CCCC(=O)NCCCO. The lowest BCUT2D eigenvalue weighted by atomic mass is 10.3. The highest BCUT2D eigenvalue weighted by Crippen LogP contribution is 2.02. The van der Waals surface area contributed by atoms with E-state index in [9.17, 15) is 9.59 Å². The molecule has 0 spiro atoms. The number of carbonyl (C=O) groups excluding carboxylic acids is 1. The minimum Gasteiger partial charge on any atom is -0.396 e. The van der Waals surface area contributed by atoms with Crippen molar-refractivity contribution >= 4 is 17.2 Å². The number of amides is 1. The summed E-state index contributed by atoms with van der Waals surface area (Å²) in [7, 11) is 0. The van der Waals surface area contributed by atoms with Gasteiger partial charge in [-0.05, 0) is 19.8 Å². The molecule has 0 atom stereocenters. The molecular formula is C11H18N2O3S. The third kappa shape index (κ3) is 4.70. The molecule has 17 heavy (non-hydrogen) atoms. The van der Waals surface area contributed by atoms with E-state index in [0.29, 0.717) is 32.4 Å². The molecule has 0 unspecified atom stereocenters. The molecule has 0 saturated carbocycles. The van der Waals surface area contributed by atoms with Gasteiger partial charge in [-0.2, -0.15) is 0 Å². The number of hydrogen-bond donors (Lipinski definition) is 2. The lowest BCUT2D eigenvalue weighted by Gasteiger charge is -2.05. The van der Waals surface area contributed by atoms with E-state index in [-0.39, 0.29) is 17.4 Å². The van der Waals surface area contributed by atoms with Crippen LogP contribution >= 0.6 is 11.3 Å². The van der Waals surface area contributed by atoms with Gasteiger partial charge in [-0.25, -0.2) is 0 Å². The van der Waals surface area contributed by atoms with Crippen molar-refractivity contribution < 1.29 is 9.90 Å². The Morgan fingerprint density at radius 1 is 1.53 bits per heavy atom. The molecule has 1 aromatic heterocycles. The van der Waals surface area contributed by atoms with E-state index >= 15 is 0 Å². The van der Waals surface area contributed by atoms with E-state index in [1.165, 1.54) is 11.3 Å². The van der Waals surface area contributed by atoms with E-state index in [1.54, 1.807) is 4.57 Å². The molecule has 1 amide bonds. The summed E-state index contributed by atoms with van der Waals surface area (Å²) in [5.41, 5.74) is 0.945. The predicted molar refractivity (Wildman–Crippen MR) is 67.3 cm³/mol. The van der Waals surface area contributed by atoms with Gasteiger partial charge >= 0.3 is 4.87 Å². The molecule has 0 aliphatic carbocycles. The second-order valence-corrected chi connectivity index (χ2v) is 4.65. The third-order valence-electron chi connectivity index (χ3n) is 2.42. The van der Waals surface area contributed by atoms with Crippen LogP contribution < -0.4 is 10.2 Å². The summed E-state index contributed by atoms with van der Waals surface area (Å²) in [5.74, 6) is -0.0284. The number of nitrogens with zero attached hydrogens (tertiary/aromatic N) is 1. The van der Waals surface area contributed by atoms with Gasteiger partial charge in [-0.3, -0.25) is 9.59 Å². The van der Waals surface area contributed by atoms with Gasteiger partial charge in [0.1, 0.15) is 0 Å². The average molecular weight is 258 g/mol. The lowest BCUT2D eigenvalue weighted by molar-refractivity contribution is -0.121. The van der Waals surface area contributed by atoms with Crippen molar-refractivity contribution in [1.29, 1.82) is 0 Å². The zero-order chi connectivity index (χ0) is 12.7. The third-order valence-corrected chi connectivity index (χ3v) is 3.30. The standard InChI is InChI=1S/C11H18N2O3S/c1-9-8-17-11(16)13(9)6-2-4-10(15)12-5-3-7-14/h8,14H,2-7H2,1H3,(H,12,15). The van der Waals surface area contributed by atoms with Crippen molar-refractivity contribution in [3.05, 3.63) is 20.7 Å². The van der Waals surface area contributed by atoms with Crippen LogP contribution in [0.1, 0.15) is 25.0 Å². The fraction of sp³-hybridized carbons (Fsp3) is 0.636. The zero-order valence-electron chi connectivity index (χ0n) is 9.94. The number of nitrogens with one attached hydrogen (secondary N) is 1. The fourth-order valence-electron chi connectivity index (χ4n) is 1.47. The largest absolute Gasteiger partial charge is 0.396 e. The summed E-state index contributed by atoms with van der Waals surface area (Å²) in [6, 6.07) is 0. The smallest absolute Gasteiger partial charge is 0.307 e. The average Bonchev–Trinajstić information content (AvgIpc) is 2.61. The van der Waals surface area contributed by atoms with E-state index in [2.05, 4.69) is 5.32 Å². The second kappa shape index (κ2) is 7.24. The normalized spacial score (nSPS) is 10.5. The van der Waals surface area contributed by atoms with Crippen LogP contribution in [0.3, 0.4) is 0 Å². The lowest BCUT2D eigenvalue weighted by Crippen LogP contribution is -2.25. The quantitative estimate of drug-likeness (QED) is 0.699. The first-order valence-electron chi connectivity index (χ1n) is 5.67. The van der Waals surface area contributed by atoms with Crippen molar-refractivity contribution in [1.82, 2.24) is 9.88 Å². The van der Waals surface area contributed by atoms with Gasteiger partial charge in [-0.1, -0.05) is 11.3 Å². The number of hydrogen-bond acceptors (Lipinski definition) is 4. The Morgan fingerprint density at radius 3 is 2.88 bits per heavy atom. The molecule has 1 heterocycles. The van der Waals surface area contributed by atoms with Gasteiger partial charge in [0.25, 0.3) is 0 Å². The number of aliphatic hydroxyl groups excluding tert-OH is 1. The van der Waals surface area contributed by atoms with E-state index < -0.39 is 0 Å². The Labute approximate surface area is 104 Å². The monoisotopic (exact) mass is 258 g/mol. The van der Waals surface area contributed by atoms with Crippen LogP contribution in [-0.4, -0.2) is 28.7 Å². The molecule has 5 nitrogen and oxygen atoms in total. The van der Waals surface area contributed by atoms with Gasteiger partial charge in [-0.15, -0.1) is 0 Å². The van der Waals surface area contributed by atoms with E-state index in [4.69, 9.17) is 5.11 Å². The Balaban J connectivity index is 2.24.